The van der Waals surface area contributed by atoms with Gasteiger partial charge in [-0.25, -0.2) is 0 Å². The summed E-state index contributed by atoms with van der Waals surface area (Å²) < 4.78 is 5.70. The fourth-order valence-electron chi connectivity index (χ4n) is 2.11. The van der Waals surface area contributed by atoms with E-state index in [1.807, 2.05) is 36.4 Å². The van der Waals surface area contributed by atoms with Crippen LogP contribution in [0, 0.1) is 0 Å². The molecule has 1 aromatic carbocycles. The van der Waals surface area contributed by atoms with Crippen LogP contribution in [0.25, 0.3) is 0 Å². The molecule has 1 amide bonds. The highest BCUT2D eigenvalue weighted by Crippen LogP contribution is 2.15. The van der Waals surface area contributed by atoms with Gasteiger partial charge in [-0.3, -0.25) is 14.6 Å². The zero-order valence-electron chi connectivity index (χ0n) is 13.3. The van der Waals surface area contributed by atoms with Gasteiger partial charge in [0, 0.05) is 30.9 Å². The molecule has 1 heterocycles. The van der Waals surface area contributed by atoms with Crippen LogP contribution in [0.4, 0.5) is 0 Å². The number of ether oxygens (including phenoxy) is 1. The average Bonchev–Trinajstić information content (AvgIpc) is 2.58. The number of aromatic nitrogens is 1. The number of hydrogen-bond donors (Lipinski definition) is 2. The molecule has 24 heavy (non-hydrogen) atoms. The monoisotopic (exact) mass is 328 g/mol. The van der Waals surface area contributed by atoms with Crippen LogP contribution in [0.1, 0.15) is 24.0 Å². The van der Waals surface area contributed by atoms with E-state index in [9.17, 15) is 9.59 Å². The first-order valence-corrected chi connectivity index (χ1v) is 7.72. The number of nitrogens with one attached hydrogen (secondary N) is 1. The molecule has 2 aromatic rings. The summed E-state index contributed by atoms with van der Waals surface area (Å²) in [6, 6.07) is 11.1. The molecule has 0 aliphatic carbocycles. The Balaban J connectivity index is 1.79. The molecule has 126 valence electrons. The van der Waals surface area contributed by atoms with E-state index in [1.165, 1.54) is 0 Å². The highest BCUT2D eigenvalue weighted by Gasteiger charge is 2.05. The minimum Gasteiger partial charge on any atom is -0.489 e. The number of carboxylic acids is 1. The van der Waals surface area contributed by atoms with Gasteiger partial charge in [-0.2, -0.15) is 0 Å². The third-order valence-corrected chi connectivity index (χ3v) is 3.28. The molecule has 0 spiro atoms. The number of aliphatic carboxylic acids is 1. The van der Waals surface area contributed by atoms with Crippen LogP contribution in [0.15, 0.2) is 48.8 Å². The molecular formula is C18H20N2O4. The van der Waals surface area contributed by atoms with Gasteiger partial charge < -0.3 is 15.2 Å². The summed E-state index contributed by atoms with van der Waals surface area (Å²) in [6.07, 6.45) is 4.16. The van der Waals surface area contributed by atoms with Crippen molar-refractivity contribution in [3.05, 3.63) is 59.9 Å². The van der Waals surface area contributed by atoms with Gasteiger partial charge in [-0.15, -0.1) is 0 Å². The lowest BCUT2D eigenvalue weighted by atomic mass is 10.1. The number of benzene rings is 1. The van der Waals surface area contributed by atoms with E-state index in [1.54, 1.807) is 12.4 Å². The number of pyridine rings is 1. The second kappa shape index (κ2) is 9.29. The molecular weight excluding hydrogens is 308 g/mol. The first-order chi connectivity index (χ1) is 11.6. The predicted octanol–water partition coefficient (Wildman–Crippen LogP) is 2.18. The summed E-state index contributed by atoms with van der Waals surface area (Å²) in [5.41, 5.74) is 1.81. The van der Waals surface area contributed by atoms with Gasteiger partial charge in [0.25, 0.3) is 0 Å². The van der Waals surface area contributed by atoms with E-state index in [4.69, 9.17) is 9.84 Å². The van der Waals surface area contributed by atoms with Gasteiger partial charge in [0.15, 0.2) is 0 Å². The maximum Gasteiger partial charge on any atom is 0.303 e. The van der Waals surface area contributed by atoms with Crippen LogP contribution in [0.2, 0.25) is 0 Å². The molecule has 0 saturated carbocycles. The maximum atomic E-state index is 11.8. The molecule has 0 unspecified atom stereocenters. The van der Waals surface area contributed by atoms with Crippen molar-refractivity contribution in [3.63, 3.8) is 0 Å². The van der Waals surface area contributed by atoms with Crippen LogP contribution < -0.4 is 10.1 Å². The van der Waals surface area contributed by atoms with E-state index < -0.39 is 5.97 Å². The molecule has 0 bridgehead atoms. The number of amides is 1. The van der Waals surface area contributed by atoms with Crippen LogP contribution in [-0.4, -0.2) is 28.5 Å². The van der Waals surface area contributed by atoms with Crippen molar-refractivity contribution in [3.8, 4) is 5.75 Å². The molecule has 1 aromatic heterocycles. The molecule has 6 heteroatoms. The minimum absolute atomic E-state index is 0.0535. The molecule has 6 nitrogen and oxygen atoms in total. The van der Waals surface area contributed by atoms with Gasteiger partial charge in [-0.1, -0.05) is 18.2 Å². The fourth-order valence-corrected chi connectivity index (χ4v) is 2.11. The lowest BCUT2D eigenvalue weighted by molar-refractivity contribution is -0.137. The number of hydrogen-bond acceptors (Lipinski definition) is 4. The topological polar surface area (TPSA) is 88.5 Å². The smallest absolute Gasteiger partial charge is 0.303 e. The molecule has 0 aliphatic heterocycles. The Kier molecular flexibility index (Phi) is 6.76. The van der Waals surface area contributed by atoms with E-state index in [-0.39, 0.29) is 18.7 Å². The van der Waals surface area contributed by atoms with E-state index in [0.717, 1.165) is 11.1 Å². The second-order valence-electron chi connectivity index (χ2n) is 5.32. The number of nitrogens with zero attached hydrogens (tertiary/aromatic N) is 1. The Morgan fingerprint density at radius 2 is 2.00 bits per heavy atom. The molecule has 2 N–H and O–H groups in total. The Hall–Kier alpha value is -2.89. The normalized spacial score (nSPS) is 10.2. The average molecular weight is 328 g/mol. The lowest BCUT2D eigenvalue weighted by Crippen LogP contribution is -2.26. The van der Waals surface area contributed by atoms with Crippen molar-refractivity contribution in [1.82, 2.24) is 10.3 Å². The number of carbonyl (C=O) groups excluding carboxylic acids is 1. The highest BCUT2D eigenvalue weighted by atomic mass is 16.5. The highest BCUT2D eigenvalue weighted by molar-refractivity contribution is 5.78. The zero-order chi connectivity index (χ0) is 17.2. The molecule has 0 aliphatic rings. The SMILES string of the molecule is O=C(O)CCCNC(=O)Cc1cccc(OCc2cccnc2)c1. The Labute approximate surface area is 140 Å². The molecule has 0 atom stereocenters. The van der Waals surface area contributed by atoms with Crippen LogP contribution in [0.5, 0.6) is 5.75 Å². The number of carboxylic acid groups (broad SMARTS) is 1. The van der Waals surface area contributed by atoms with Crippen molar-refractivity contribution in [2.45, 2.75) is 25.9 Å². The Morgan fingerprint density at radius 1 is 1.17 bits per heavy atom. The van der Waals surface area contributed by atoms with Gasteiger partial charge in [0.05, 0.1) is 6.42 Å². The summed E-state index contributed by atoms with van der Waals surface area (Å²) in [5, 5.41) is 11.3. The lowest BCUT2D eigenvalue weighted by Gasteiger charge is -2.08. The predicted molar refractivity (Wildman–Crippen MR) is 88.6 cm³/mol. The van der Waals surface area contributed by atoms with Crippen molar-refractivity contribution in [2.75, 3.05) is 6.54 Å². The van der Waals surface area contributed by atoms with Gasteiger partial charge in [-0.05, 0) is 30.2 Å². The quantitative estimate of drug-likeness (QED) is 0.689. The molecule has 0 fully saturated rings. The summed E-state index contributed by atoms with van der Waals surface area (Å²) in [5.74, 6) is -0.303. The van der Waals surface area contributed by atoms with Crippen LogP contribution in [0.3, 0.4) is 0 Å². The molecule has 0 saturated heterocycles. The molecule has 2 rings (SSSR count). The van der Waals surface area contributed by atoms with E-state index >= 15 is 0 Å². The van der Waals surface area contributed by atoms with Crippen molar-refractivity contribution in [1.29, 1.82) is 0 Å². The fraction of sp³-hybridized carbons (Fsp3) is 0.278. The molecule has 0 radical (unpaired) electrons. The van der Waals surface area contributed by atoms with Crippen LogP contribution in [-0.2, 0) is 22.6 Å². The van der Waals surface area contributed by atoms with Gasteiger partial charge >= 0.3 is 5.97 Å². The maximum absolute atomic E-state index is 11.8. The summed E-state index contributed by atoms with van der Waals surface area (Å²) in [7, 11) is 0. The van der Waals surface area contributed by atoms with E-state index in [0.29, 0.717) is 25.3 Å². The number of carbonyl (C=O) groups is 2. The van der Waals surface area contributed by atoms with Crippen molar-refractivity contribution >= 4 is 11.9 Å². The first kappa shape index (κ1) is 17.5. The van der Waals surface area contributed by atoms with E-state index in [2.05, 4.69) is 10.3 Å². The minimum atomic E-state index is -0.859. The first-order valence-electron chi connectivity index (χ1n) is 7.72. The third kappa shape index (κ3) is 6.48. The Morgan fingerprint density at radius 3 is 2.75 bits per heavy atom. The largest absolute Gasteiger partial charge is 0.489 e. The summed E-state index contributed by atoms with van der Waals surface area (Å²) >= 11 is 0. The number of rotatable bonds is 9. The Bertz CT molecular complexity index is 674. The van der Waals surface area contributed by atoms with Crippen molar-refractivity contribution < 1.29 is 19.4 Å². The summed E-state index contributed by atoms with van der Waals surface area (Å²) in [6.45, 7) is 0.779. The van der Waals surface area contributed by atoms with Gasteiger partial charge in [0.2, 0.25) is 5.91 Å². The van der Waals surface area contributed by atoms with Crippen molar-refractivity contribution in [2.24, 2.45) is 0 Å². The standard InChI is InChI=1S/C18H20N2O4/c21-17(20-9-3-7-18(22)23)11-14-4-1-6-16(10-14)24-13-15-5-2-8-19-12-15/h1-2,4-6,8,10,12H,3,7,9,11,13H2,(H,20,21)(H,22,23). The van der Waals surface area contributed by atoms with Gasteiger partial charge in [0.1, 0.15) is 12.4 Å². The van der Waals surface area contributed by atoms with Crippen LogP contribution >= 0.6 is 0 Å². The third-order valence-electron chi connectivity index (χ3n) is 3.28. The zero-order valence-corrected chi connectivity index (χ0v) is 13.3. The second-order valence-corrected chi connectivity index (χ2v) is 5.32. The summed E-state index contributed by atoms with van der Waals surface area (Å²) in [4.78, 5) is 26.3.